The fraction of sp³-hybridized carbons (Fsp3) is 0.250. The average molecular weight is 624 g/mol. The summed E-state index contributed by atoms with van der Waals surface area (Å²) in [6.07, 6.45) is 0.628. The van der Waals surface area contributed by atoms with Crippen LogP contribution in [0.15, 0.2) is 96.2 Å². The summed E-state index contributed by atoms with van der Waals surface area (Å²) in [6.45, 7) is 4.07. The smallest absolute Gasteiger partial charge is 0.334 e. The molecule has 0 spiro atoms. The van der Waals surface area contributed by atoms with Crippen molar-refractivity contribution < 1.29 is 26.4 Å². The molecule has 1 aliphatic rings. The molecule has 2 amide bonds. The van der Waals surface area contributed by atoms with Crippen molar-refractivity contribution in [1.29, 1.82) is 0 Å². The fourth-order valence-corrected chi connectivity index (χ4v) is 6.57. The Morgan fingerprint density at radius 1 is 0.932 bits per heavy atom. The van der Waals surface area contributed by atoms with Crippen molar-refractivity contribution >= 4 is 27.4 Å². The van der Waals surface area contributed by atoms with Crippen molar-refractivity contribution in [3.05, 3.63) is 108 Å². The quantitative estimate of drug-likeness (QED) is 0.186. The number of carbonyl (C=O) groups is 1. The van der Waals surface area contributed by atoms with Gasteiger partial charge in [0.1, 0.15) is 0 Å². The molecule has 1 saturated heterocycles. The van der Waals surface area contributed by atoms with Gasteiger partial charge in [0.05, 0.1) is 10.5 Å². The summed E-state index contributed by atoms with van der Waals surface area (Å²) >= 11 is 0. The minimum Gasteiger partial charge on any atom is -0.334 e. The van der Waals surface area contributed by atoms with E-state index in [-0.39, 0.29) is 23.8 Å². The van der Waals surface area contributed by atoms with Crippen molar-refractivity contribution in [3.63, 3.8) is 0 Å². The van der Waals surface area contributed by atoms with E-state index in [0.29, 0.717) is 17.3 Å². The molecule has 1 atom stereocenters. The van der Waals surface area contributed by atoms with Crippen LogP contribution < -0.4 is 15.4 Å². The van der Waals surface area contributed by atoms with Crippen molar-refractivity contribution in [3.8, 4) is 11.1 Å². The van der Waals surface area contributed by atoms with E-state index in [9.17, 15) is 26.4 Å². The maximum atomic E-state index is 13.8. The standard InChI is InChI=1S/C32H32F3N5O3S/c1-22(40-17-4-5-18-40)27-8-2-3-9-28(27)29-15-10-24(32(33,34)35)19-30(29)44(42,43)39-26-13-11-25(12-14-26)38-31(41)37-21-23-7-6-16-36-20-23/h2-3,6-16,19-20,22,39H,4-5,17-18,21H2,1H3,(H2,37,38,41). The molecule has 1 aliphatic heterocycles. The number of carbonyl (C=O) groups excluding carboxylic acids is 1. The monoisotopic (exact) mass is 623 g/mol. The van der Waals surface area contributed by atoms with Gasteiger partial charge in [0.15, 0.2) is 0 Å². The molecule has 8 nitrogen and oxygen atoms in total. The predicted octanol–water partition coefficient (Wildman–Crippen LogP) is 7.05. The zero-order chi connectivity index (χ0) is 31.3. The SMILES string of the molecule is CC(c1ccccc1-c1ccc(C(F)(F)F)cc1S(=O)(=O)Nc1ccc(NC(=O)NCc2cccnc2)cc1)N1CCCC1. The molecule has 2 heterocycles. The lowest BCUT2D eigenvalue weighted by Gasteiger charge is -2.27. The molecule has 0 saturated carbocycles. The van der Waals surface area contributed by atoms with E-state index in [1.165, 1.54) is 30.3 Å². The molecular weight excluding hydrogens is 591 g/mol. The van der Waals surface area contributed by atoms with Crippen molar-refractivity contribution in [2.45, 2.75) is 43.4 Å². The molecule has 0 radical (unpaired) electrons. The van der Waals surface area contributed by atoms with Gasteiger partial charge in [-0.2, -0.15) is 13.2 Å². The first-order chi connectivity index (χ1) is 21.0. The number of halogens is 3. The Morgan fingerprint density at radius 2 is 1.64 bits per heavy atom. The Bertz CT molecular complexity index is 1710. The van der Waals surface area contributed by atoms with E-state index in [1.807, 2.05) is 25.1 Å². The van der Waals surface area contributed by atoms with Crippen LogP contribution >= 0.6 is 0 Å². The van der Waals surface area contributed by atoms with Gasteiger partial charge in [-0.25, -0.2) is 13.2 Å². The van der Waals surface area contributed by atoms with Gasteiger partial charge in [-0.3, -0.25) is 14.6 Å². The first kappa shape index (κ1) is 31.0. The number of pyridine rings is 1. The van der Waals surface area contributed by atoms with E-state index in [0.717, 1.165) is 43.1 Å². The van der Waals surface area contributed by atoms with Crippen LogP contribution in [0.2, 0.25) is 0 Å². The molecule has 1 unspecified atom stereocenters. The van der Waals surface area contributed by atoms with Gasteiger partial charge in [-0.1, -0.05) is 36.4 Å². The van der Waals surface area contributed by atoms with Crippen LogP contribution in [0.4, 0.5) is 29.3 Å². The van der Waals surface area contributed by atoms with Crippen LogP contribution in [0.25, 0.3) is 11.1 Å². The normalized spacial score (nSPS) is 14.6. The molecule has 0 bridgehead atoms. The summed E-state index contributed by atoms with van der Waals surface area (Å²) in [4.78, 5) is 18.1. The first-order valence-electron chi connectivity index (χ1n) is 14.1. The lowest BCUT2D eigenvalue weighted by molar-refractivity contribution is -0.137. The van der Waals surface area contributed by atoms with E-state index >= 15 is 0 Å². The van der Waals surface area contributed by atoms with Gasteiger partial charge in [0.25, 0.3) is 10.0 Å². The van der Waals surface area contributed by atoms with Gasteiger partial charge < -0.3 is 10.6 Å². The number of rotatable bonds is 9. The van der Waals surface area contributed by atoms with Crippen molar-refractivity contribution in [2.75, 3.05) is 23.1 Å². The molecule has 3 N–H and O–H groups in total. The molecule has 230 valence electrons. The van der Waals surface area contributed by atoms with Crippen LogP contribution in [0.5, 0.6) is 0 Å². The second kappa shape index (κ2) is 13.1. The van der Waals surface area contributed by atoms with Crippen molar-refractivity contribution in [1.82, 2.24) is 15.2 Å². The number of amides is 2. The van der Waals surface area contributed by atoms with Gasteiger partial charge in [0.2, 0.25) is 0 Å². The average Bonchev–Trinajstić information content (AvgIpc) is 3.56. The third-order valence-electron chi connectivity index (χ3n) is 7.56. The zero-order valence-electron chi connectivity index (χ0n) is 23.9. The molecule has 4 aromatic rings. The minimum absolute atomic E-state index is 0.0545. The molecule has 1 aromatic heterocycles. The number of hydrogen-bond donors (Lipinski definition) is 3. The molecular formula is C32H32F3N5O3S. The topological polar surface area (TPSA) is 103 Å². The Hall–Kier alpha value is -4.42. The van der Waals surface area contributed by atoms with Crippen LogP contribution in [0, 0.1) is 0 Å². The molecule has 1 fully saturated rings. The summed E-state index contributed by atoms with van der Waals surface area (Å²) in [5.74, 6) is 0. The maximum absolute atomic E-state index is 13.8. The molecule has 44 heavy (non-hydrogen) atoms. The van der Waals surface area contributed by atoms with Crippen LogP contribution in [0.1, 0.15) is 42.5 Å². The Labute approximate surface area is 254 Å². The van der Waals surface area contributed by atoms with E-state index in [2.05, 4.69) is 25.2 Å². The fourth-order valence-electron chi connectivity index (χ4n) is 5.27. The highest BCUT2D eigenvalue weighted by Crippen LogP contribution is 2.39. The Morgan fingerprint density at radius 3 is 2.32 bits per heavy atom. The van der Waals surface area contributed by atoms with Gasteiger partial charge >= 0.3 is 12.2 Å². The van der Waals surface area contributed by atoms with Gasteiger partial charge in [-0.05, 0) is 92.0 Å². The number of anilines is 2. The Kier molecular flexibility index (Phi) is 9.21. The van der Waals surface area contributed by atoms with E-state index in [4.69, 9.17) is 0 Å². The van der Waals surface area contributed by atoms with Crippen LogP contribution in [-0.2, 0) is 22.7 Å². The lowest BCUT2D eigenvalue weighted by atomic mass is 9.94. The number of benzene rings is 3. The van der Waals surface area contributed by atoms with Crippen LogP contribution in [-0.4, -0.2) is 37.4 Å². The Balaban J connectivity index is 1.40. The summed E-state index contributed by atoms with van der Waals surface area (Å²) in [5, 5.41) is 5.35. The number of aromatic nitrogens is 1. The van der Waals surface area contributed by atoms with Gasteiger partial charge in [0, 0.05) is 41.9 Å². The summed E-state index contributed by atoms with van der Waals surface area (Å²) in [7, 11) is -4.48. The van der Waals surface area contributed by atoms with Crippen LogP contribution in [0.3, 0.4) is 0 Å². The third kappa shape index (κ3) is 7.37. The van der Waals surface area contributed by atoms with Crippen molar-refractivity contribution in [2.24, 2.45) is 0 Å². The minimum atomic E-state index is -4.74. The number of nitrogens with one attached hydrogen (secondary N) is 3. The summed E-state index contributed by atoms with van der Waals surface area (Å²) < 4.78 is 71.1. The number of alkyl halides is 3. The maximum Gasteiger partial charge on any atom is 0.416 e. The number of urea groups is 1. The third-order valence-corrected chi connectivity index (χ3v) is 8.98. The van der Waals surface area contributed by atoms with E-state index in [1.54, 1.807) is 30.6 Å². The first-order valence-corrected chi connectivity index (χ1v) is 15.6. The highest BCUT2D eigenvalue weighted by Gasteiger charge is 2.34. The second-order valence-corrected chi connectivity index (χ2v) is 12.2. The lowest BCUT2D eigenvalue weighted by Crippen LogP contribution is -2.28. The predicted molar refractivity (Wildman–Crippen MR) is 163 cm³/mol. The summed E-state index contributed by atoms with van der Waals surface area (Å²) in [5.41, 5.74) is 1.82. The molecule has 5 rings (SSSR count). The molecule has 3 aromatic carbocycles. The van der Waals surface area contributed by atoms with E-state index < -0.39 is 32.7 Å². The number of nitrogens with zero attached hydrogens (tertiary/aromatic N) is 2. The number of likely N-dealkylation sites (tertiary alicyclic amines) is 1. The number of sulfonamides is 1. The highest BCUT2D eigenvalue weighted by atomic mass is 32.2. The summed E-state index contributed by atoms with van der Waals surface area (Å²) in [6, 6.07) is 18.9. The number of hydrogen-bond acceptors (Lipinski definition) is 5. The molecule has 0 aliphatic carbocycles. The second-order valence-electron chi connectivity index (χ2n) is 10.6. The highest BCUT2D eigenvalue weighted by molar-refractivity contribution is 7.92. The zero-order valence-corrected chi connectivity index (χ0v) is 24.8. The largest absolute Gasteiger partial charge is 0.416 e. The molecule has 12 heteroatoms. The van der Waals surface area contributed by atoms with Gasteiger partial charge in [-0.15, -0.1) is 0 Å².